The van der Waals surface area contributed by atoms with Gasteiger partial charge in [-0.25, -0.2) is 0 Å². The summed E-state index contributed by atoms with van der Waals surface area (Å²) < 4.78 is 0. The Bertz CT molecular complexity index is 168. The van der Waals surface area contributed by atoms with Crippen molar-refractivity contribution in [3.63, 3.8) is 0 Å². The SMILES string of the molecule is CC(=O)O.CC(=O)SCC1CC1.[LiH].[LiH]. The van der Waals surface area contributed by atoms with Gasteiger partial charge < -0.3 is 5.11 Å². The number of rotatable bonds is 2. The first kappa shape index (κ1) is 20.1. The number of carbonyl (C=O) groups is 2. The molecular formula is C8H16Li2O3S. The quantitative estimate of drug-likeness (QED) is 0.667. The molecule has 0 radical (unpaired) electrons. The predicted octanol–water partition coefficient (Wildman–Crippen LogP) is 0.470. The molecule has 0 bridgehead atoms. The Labute approximate surface area is 113 Å². The van der Waals surface area contributed by atoms with Gasteiger partial charge in [-0.2, -0.15) is 0 Å². The summed E-state index contributed by atoms with van der Waals surface area (Å²) in [5, 5.41) is 7.68. The zero-order chi connectivity index (χ0) is 9.56. The predicted molar refractivity (Wildman–Crippen MR) is 63.5 cm³/mol. The van der Waals surface area contributed by atoms with Crippen LogP contribution >= 0.6 is 11.8 Å². The minimum atomic E-state index is -0.833. The summed E-state index contributed by atoms with van der Waals surface area (Å²) in [6, 6.07) is 0. The van der Waals surface area contributed by atoms with Crippen LogP contribution in [0.15, 0.2) is 0 Å². The van der Waals surface area contributed by atoms with Gasteiger partial charge in [-0.15, -0.1) is 0 Å². The van der Waals surface area contributed by atoms with E-state index in [0.29, 0.717) is 0 Å². The van der Waals surface area contributed by atoms with Crippen LogP contribution in [0.5, 0.6) is 0 Å². The maximum atomic E-state index is 10.3. The Morgan fingerprint density at radius 1 is 1.29 bits per heavy atom. The normalized spacial score (nSPS) is 12.4. The van der Waals surface area contributed by atoms with Gasteiger partial charge in [0.2, 0.25) is 0 Å². The van der Waals surface area contributed by atoms with Gasteiger partial charge in [-0.05, 0) is 18.8 Å². The van der Waals surface area contributed by atoms with Crippen molar-refractivity contribution in [2.45, 2.75) is 26.7 Å². The molecule has 1 aliphatic carbocycles. The third-order valence-electron chi connectivity index (χ3n) is 1.22. The van der Waals surface area contributed by atoms with Gasteiger partial charge in [0.05, 0.1) is 0 Å². The van der Waals surface area contributed by atoms with Crippen molar-refractivity contribution >= 4 is 60.6 Å². The molecule has 0 heterocycles. The van der Waals surface area contributed by atoms with E-state index in [1.807, 2.05) is 0 Å². The Balaban J connectivity index is -0.000000180. The fourth-order valence-electron chi connectivity index (χ4n) is 0.520. The molecule has 0 amide bonds. The molecule has 1 fully saturated rings. The molecule has 0 spiro atoms. The van der Waals surface area contributed by atoms with Crippen LogP contribution in [0, 0.1) is 5.92 Å². The summed E-state index contributed by atoms with van der Waals surface area (Å²) in [6.07, 6.45) is 2.70. The van der Waals surface area contributed by atoms with Gasteiger partial charge in [0, 0.05) is 19.6 Å². The fourth-order valence-corrected chi connectivity index (χ4v) is 1.32. The van der Waals surface area contributed by atoms with E-state index in [-0.39, 0.29) is 42.8 Å². The van der Waals surface area contributed by atoms with Crippen molar-refractivity contribution in [2.24, 2.45) is 5.92 Å². The van der Waals surface area contributed by atoms with Crippen molar-refractivity contribution in [1.82, 2.24) is 0 Å². The Morgan fingerprint density at radius 2 is 1.64 bits per heavy atom. The van der Waals surface area contributed by atoms with Crippen LogP contribution in [0.25, 0.3) is 0 Å². The molecule has 6 heteroatoms. The first-order valence-electron chi connectivity index (χ1n) is 3.85. The van der Waals surface area contributed by atoms with Gasteiger partial charge in [-0.1, -0.05) is 11.8 Å². The molecule has 0 aromatic heterocycles. The number of hydrogen-bond acceptors (Lipinski definition) is 3. The van der Waals surface area contributed by atoms with Crippen molar-refractivity contribution < 1.29 is 14.7 Å². The molecule has 0 atom stereocenters. The van der Waals surface area contributed by atoms with E-state index < -0.39 is 5.97 Å². The second kappa shape index (κ2) is 11.8. The van der Waals surface area contributed by atoms with Crippen molar-refractivity contribution in [1.29, 1.82) is 0 Å². The molecule has 74 valence electrons. The van der Waals surface area contributed by atoms with Crippen LogP contribution in [-0.2, 0) is 9.59 Å². The van der Waals surface area contributed by atoms with Crippen LogP contribution in [-0.4, -0.2) is 59.7 Å². The van der Waals surface area contributed by atoms with Crippen molar-refractivity contribution in [3.8, 4) is 0 Å². The third kappa shape index (κ3) is 23.0. The first-order chi connectivity index (χ1) is 5.52. The first-order valence-corrected chi connectivity index (χ1v) is 4.83. The molecule has 0 unspecified atom stereocenters. The van der Waals surface area contributed by atoms with Gasteiger partial charge >= 0.3 is 37.7 Å². The number of carboxylic acids is 1. The average molecular weight is 206 g/mol. The summed E-state index contributed by atoms with van der Waals surface area (Å²) in [7, 11) is 0. The number of carboxylic acid groups (broad SMARTS) is 1. The molecule has 1 N–H and O–H groups in total. The maximum absolute atomic E-state index is 10.3. The summed E-state index contributed by atoms with van der Waals surface area (Å²) in [4.78, 5) is 19.3. The van der Waals surface area contributed by atoms with Gasteiger partial charge in [0.15, 0.2) is 5.12 Å². The molecule has 3 nitrogen and oxygen atoms in total. The van der Waals surface area contributed by atoms with E-state index in [0.717, 1.165) is 18.6 Å². The van der Waals surface area contributed by atoms with Crippen LogP contribution in [0.3, 0.4) is 0 Å². The van der Waals surface area contributed by atoms with Gasteiger partial charge in [0.25, 0.3) is 5.97 Å². The Kier molecular flexibility index (Phi) is 16.9. The zero-order valence-electron chi connectivity index (χ0n) is 7.37. The van der Waals surface area contributed by atoms with E-state index in [2.05, 4.69) is 0 Å². The van der Waals surface area contributed by atoms with Crippen LogP contribution in [0.1, 0.15) is 26.7 Å². The molecule has 1 rings (SSSR count). The average Bonchev–Trinajstić information content (AvgIpc) is 2.63. The summed E-state index contributed by atoms with van der Waals surface area (Å²) in [5.74, 6) is 1.11. The van der Waals surface area contributed by atoms with Crippen molar-refractivity contribution in [2.75, 3.05) is 5.75 Å². The standard InChI is InChI=1S/C6H10OS.C2H4O2.2Li.2H/c1-5(7)8-4-6-2-3-6;1-2(3)4;;;;/h6H,2-4H2,1H3;1H3,(H,3,4);;;;. The van der Waals surface area contributed by atoms with E-state index in [1.165, 1.54) is 24.6 Å². The molecule has 1 saturated carbocycles. The fraction of sp³-hybridized carbons (Fsp3) is 0.750. The molecule has 0 aliphatic heterocycles. The second-order valence-corrected chi connectivity index (χ2v) is 3.96. The molecule has 1 aliphatic rings. The number of thioether (sulfide) groups is 1. The van der Waals surface area contributed by atoms with Gasteiger partial charge in [0.1, 0.15) is 0 Å². The third-order valence-corrected chi connectivity index (χ3v) is 2.26. The van der Waals surface area contributed by atoms with Crippen molar-refractivity contribution in [3.05, 3.63) is 0 Å². The molecule has 0 aromatic rings. The Hall–Kier alpha value is 0.685. The molecule has 0 saturated heterocycles. The van der Waals surface area contributed by atoms with E-state index in [9.17, 15) is 4.79 Å². The molecular weight excluding hydrogens is 190 g/mol. The molecule has 0 aromatic carbocycles. The van der Waals surface area contributed by atoms with Gasteiger partial charge in [-0.3, -0.25) is 9.59 Å². The minimum absolute atomic E-state index is 0. The van der Waals surface area contributed by atoms with Crippen LogP contribution < -0.4 is 0 Å². The molecule has 14 heavy (non-hydrogen) atoms. The van der Waals surface area contributed by atoms with E-state index >= 15 is 0 Å². The number of hydrogen-bond donors (Lipinski definition) is 1. The van der Waals surface area contributed by atoms with Crippen LogP contribution in [0.2, 0.25) is 0 Å². The van der Waals surface area contributed by atoms with E-state index in [1.54, 1.807) is 6.92 Å². The number of aliphatic carboxylic acids is 1. The number of carbonyl (C=O) groups excluding carboxylic acids is 1. The van der Waals surface area contributed by atoms with Crippen LogP contribution in [0.4, 0.5) is 0 Å². The monoisotopic (exact) mass is 206 g/mol. The van der Waals surface area contributed by atoms with E-state index in [4.69, 9.17) is 9.90 Å². The summed E-state index contributed by atoms with van der Waals surface area (Å²) in [6.45, 7) is 2.72. The topological polar surface area (TPSA) is 54.4 Å². The second-order valence-electron chi connectivity index (χ2n) is 2.76. The Morgan fingerprint density at radius 3 is 1.86 bits per heavy atom. The summed E-state index contributed by atoms with van der Waals surface area (Å²) >= 11 is 1.46. The summed E-state index contributed by atoms with van der Waals surface area (Å²) in [5.41, 5.74) is 0. The zero-order valence-corrected chi connectivity index (χ0v) is 8.19.